The van der Waals surface area contributed by atoms with Crippen molar-refractivity contribution in [3.8, 4) is 0 Å². The van der Waals surface area contributed by atoms with Crippen molar-refractivity contribution in [3.05, 3.63) is 82.8 Å². The molecule has 2 heterocycles. The summed E-state index contributed by atoms with van der Waals surface area (Å²) in [5.41, 5.74) is 5.29. The van der Waals surface area contributed by atoms with Crippen molar-refractivity contribution < 1.29 is 13.9 Å². The number of hydrogen-bond acceptors (Lipinski definition) is 6. The highest BCUT2D eigenvalue weighted by molar-refractivity contribution is 8.02. The third kappa shape index (κ3) is 5.28. The molecule has 1 atom stereocenters. The van der Waals surface area contributed by atoms with Gasteiger partial charge >= 0.3 is 6.09 Å². The standard InChI is InChI=1S/C23H24FN5O2S/c1-23(2,3)31-22(30)25-18(13-15-7-5-4-6-8-15)20-26-27-21-29(20)28-19(14-32-21)16-9-11-17(24)12-10-16/h4-12,14,18,28H,13H2,1-3H3,(H,25,30)/t18-/m0/s1. The molecule has 0 saturated carbocycles. The Morgan fingerprint density at radius 3 is 2.56 bits per heavy atom. The first-order valence-corrected chi connectivity index (χ1v) is 11.0. The highest BCUT2D eigenvalue weighted by atomic mass is 32.2. The predicted molar refractivity (Wildman–Crippen MR) is 122 cm³/mol. The third-order valence-electron chi connectivity index (χ3n) is 4.61. The first-order chi connectivity index (χ1) is 15.3. The van der Waals surface area contributed by atoms with E-state index in [9.17, 15) is 9.18 Å². The molecule has 0 aliphatic carbocycles. The zero-order chi connectivity index (χ0) is 22.7. The summed E-state index contributed by atoms with van der Waals surface area (Å²) in [6, 6.07) is 15.5. The zero-order valence-electron chi connectivity index (χ0n) is 18.0. The molecule has 1 aromatic heterocycles. The molecule has 0 radical (unpaired) electrons. The molecule has 166 valence electrons. The number of ether oxygens (including phenoxy) is 1. The van der Waals surface area contributed by atoms with E-state index in [2.05, 4.69) is 20.9 Å². The van der Waals surface area contributed by atoms with E-state index < -0.39 is 17.7 Å². The maximum atomic E-state index is 13.3. The predicted octanol–water partition coefficient (Wildman–Crippen LogP) is 4.87. The molecule has 9 heteroatoms. The van der Waals surface area contributed by atoms with Gasteiger partial charge in [0, 0.05) is 17.4 Å². The third-order valence-corrected chi connectivity index (χ3v) is 5.44. The minimum atomic E-state index is -0.627. The number of halogens is 1. The molecule has 32 heavy (non-hydrogen) atoms. The number of aromatic nitrogens is 3. The van der Waals surface area contributed by atoms with Gasteiger partial charge in [-0.3, -0.25) is 5.43 Å². The molecule has 0 fully saturated rings. The van der Waals surface area contributed by atoms with Crippen molar-refractivity contribution >= 4 is 23.6 Å². The number of carbonyl (C=O) groups is 1. The molecule has 7 nitrogen and oxygen atoms in total. The molecule has 1 aliphatic heterocycles. The molecule has 1 amide bonds. The summed E-state index contributed by atoms with van der Waals surface area (Å²) in [6.45, 7) is 5.45. The molecule has 0 saturated heterocycles. The van der Waals surface area contributed by atoms with Crippen LogP contribution >= 0.6 is 11.8 Å². The summed E-state index contributed by atoms with van der Waals surface area (Å²) in [6.07, 6.45) is -0.0336. The maximum absolute atomic E-state index is 13.3. The Kier molecular flexibility index (Phi) is 6.18. The van der Waals surface area contributed by atoms with Crippen LogP contribution in [-0.2, 0) is 11.2 Å². The molecule has 0 unspecified atom stereocenters. The molecule has 1 aliphatic rings. The number of alkyl carbamates (subject to hydrolysis) is 1. The molecule has 4 rings (SSSR count). The summed E-state index contributed by atoms with van der Waals surface area (Å²) in [4.78, 5) is 12.6. The van der Waals surface area contributed by atoms with Gasteiger partial charge in [-0.05, 0) is 50.6 Å². The molecule has 0 bridgehead atoms. The van der Waals surface area contributed by atoms with Crippen LogP contribution in [0.1, 0.15) is 43.8 Å². The second kappa shape index (κ2) is 9.04. The van der Waals surface area contributed by atoms with Gasteiger partial charge in [-0.25, -0.2) is 13.9 Å². The average molecular weight is 454 g/mol. The summed E-state index contributed by atoms with van der Waals surface area (Å²) >= 11 is 1.40. The highest BCUT2D eigenvalue weighted by Crippen LogP contribution is 2.30. The number of amides is 1. The lowest BCUT2D eigenvalue weighted by molar-refractivity contribution is 0.0500. The first-order valence-electron chi connectivity index (χ1n) is 10.2. The Morgan fingerprint density at radius 1 is 1.16 bits per heavy atom. The van der Waals surface area contributed by atoms with E-state index in [-0.39, 0.29) is 5.82 Å². The molecule has 2 aromatic carbocycles. The van der Waals surface area contributed by atoms with Crippen molar-refractivity contribution in [2.45, 2.75) is 44.0 Å². The van der Waals surface area contributed by atoms with E-state index in [1.165, 1.54) is 23.9 Å². The van der Waals surface area contributed by atoms with Crippen LogP contribution in [0.4, 0.5) is 9.18 Å². The van der Waals surface area contributed by atoms with Crippen LogP contribution in [0.5, 0.6) is 0 Å². The van der Waals surface area contributed by atoms with Gasteiger partial charge in [0.2, 0.25) is 5.16 Å². The second-order valence-corrected chi connectivity index (χ2v) is 9.17. The van der Waals surface area contributed by atoms with Gasteiger partial charge in [0.1, 0.15) is 11.4 Å². The largest absolute Gasteiger partial charge is 0.444 e. The molecular weight excluding hydrogens is 429 g/mol. The van der Waals surface area contributed by atoms with Crippen LogP contribution in [0.15, 0.2) is 65.2 Å². The Morgan fingerprint density at radius 2 is 1.88 bits per heavy atom. The number of benzene rings is 2. The van der Waals surface area contributed by atoms with Gasteiger partial charge in [0.25, 0.3) is 0 Å². The number of carbonyl (C=O) groups excluding carboxylic acids is 1. The van der Waals surface area contributed by atoms with Crippen molar-refractivity contribution in [1.29, 1.82) is 0 Å². The number of hydrogen-bond donors (Lipinski definition) is 2. The van der Waals surface area contributed by atoms with Gasteiger partial charge in [0.05, 0.1) is 11.7 Å². The summed E-state index contributed by atoms with van der Waals surface area (Å²) in [7, 11) is 0. The first kappa shape index (κ1) is 21.9. The van der Waals surface area contributed by atoms with Crippen LogP contribution < -0.4 is 10.7 Å². The Bertz CT molecular complexity index is 1120. The van der Waals surface area contributed by atoms with Gasteiger partial charge < -0.3 is 10.1 Å². The number of fused-ring (bicyclic) bond motifs is 1. The lowest BCUT2D eigenvalue weighted by atomic mass is 10.1. The maximum Gasteiger partial charge on any atom is 0.408 e. The monoisotopic (exact) mass is 453 g/mol. The average Bonchev–Trinajstić information content (AvgIpc) is 3.16. The quantitative estimate of drug-likeness (QED) is 0.574. The van der Waals surface area contributed by atoms with E-state index in [0.29, 0.717) is 17.4 Å². The Hall–Kier alpha value is -3.33. The molecule has 3 aromatic rings. The highest BCUT2D eigenvalue weighted by Gasteiger charge is 2.28. The van der Waals surface area contributed by atoms with Crippen LogP contribution in [0.3, 0.4) is 0 Å². The van der Waals surface area contributed by atoms with E-state index in [0.717, 1.165) is 16.8 Å². The lowest BCUT2D eigenvalue weighted by Crippen LogP contribution is -2.37. The van der Waals surface area contributed by atoms with Crippen LogP contribution in [0.25, 0.3) is 5.70 Å². The van der Waals surface area contributed by atoms with Crippen molar-refractivity contribution in [2.75, 3.05) is 5.43 Å². The topological polar surface area (TPSA) is 81.1 Å². The SMILES string of the molecule is CC(C)(C)OC(=O)N[C@@H](Cc1ccccc1)c1nnc2n1NC(c1ccc(F)cc1)=CS2. The number of thioether (sulfide) groups is 1. The molecular formula is C23H24FN5O2S. The lowest BCUT2D eigenvalue weighted by Gasteiger charge is -2.25. The van der Waals surface area contributed by atoms with Gasteiger partial charge in [-0.2, -0.15) is 0 Å². The molecule has 0 spiro atoms. The minimum absolute atomic E-state index is 0.298. The van der Waals surface area contributed by atoms with Crippen LogP contribution in [0.2, 0.25) is 0 Å². The van der Waals surface area contributed by atoms with E-state index in [1.54, 1.807) is 16.8 Å². The minimum Gasteiger partial charge on any atom is -0.444 e. The normalized spacial score (nSPS) is 14.1. The van der Waals surface area contributed by atoms with Gasteiger partial charge in [-0.15, -0.1) is 10.2 Å². The number of rotatable bonds is 5. The van der Waals surface area contributed by atoms with E-state index in [1.807, 2.05) is 56.5 Å². The van der Waals surface area contributed by atoms with E-state index in [4.69, 9.17) is 4.74 Å². The van der Waals surface area contributed by atoms with Gasteiger partial charge in [-0.1, -0.05) is 42.1 Å². The van der Waals surface area contributed by atoms with Crippen molar-refractivity contribution in [3.63, 3.8) is 0 Å². The van der Waals surface area contributed by atoms with Gasteiger partial charge in [0.15, 0.2) is 5.82 Å². The summed E-state index contributed by atoms with van der Waals surface area (Å²) in [5, 5.41) is 14.1. The summed E-state index contributed by atoms with van der Waals surface area (Å²) < 4.78 is 20.6. The summed E-state index contributed by atoms with van der Waals surface area (Å²) in [5.74, 6) is 0.239. The smallest absolute Gasteiger partial charge is 0.408 e. The fourth-order valence-electron chi connectivity index (χ4n) is 3.22. The van der Waals surface area contributed by atoms with Crippen LogP contribution in [-0.4, -0.2) is 26.6 Å². The fraction of sp³-hybridized carbons (Fsp3) is 0.261. The Labute approximate surface area is 190 Å². The Balaban J connectivity index is 1.62. The second-order valence-electron chi connectivity index (χ2n) is 8.33. The number of nitrogens with zero attached hydrogens (tertiary/aromatic N) is 3. The zero-order valence-corrected chi connectivity index (χ0v) is 18.8. The van der Waals surface area contributed by atoms with Crippen molar-refractivity contribution in [1.82, 2.24) is 20.2 Å². The fourth-order valence-corrected chi connectivity index (χ4v) is 3.96. The van der Waals surface area contributed by atoms with Crippen molar-refractivity contribution in [2.24, 2.45) is 0 Å². The van der Waals surface area contributed by atoms with E-state index >= 15 is 0 Å². The number of nitrogens with one attached hydrogen (secondary N) is 2. The molecule has 2 N–H and O–H groups in total. The van der Waals surface area contributed by atoms with Crippen LogP contribution in [0, 0.1) is 5.82 Å².